The molecule has 1 heterocycles. The molecule has 2 atom stereocenters. The maximum atomic E-state index is 11.6. The first-order valence-electron chi connectivity index (χ1n) is 6.65. The Morgan fingerprint density at radius 2 is 2.09 bits per heavy atom. The standard InChI is InChI=1S/C14H15N3O6/c1-8-3-6-12(14(19)22-2)23-16(8)10-5-4-9(13(15)18)7-11(10)17(20)21/h3-8,12H,1-2H3,(H2,15,18). The zero-order valence-electron chi connectivity index (χ0n) is 12.5. The number of hydrogen-bond acceptors (Lipinski definition) is 7. The number of rotatable bonds is 4. The van der Waals surface area contributed by atoms with Crippen LogP contribution in [0.25, 0.3) is 0 Å². The highest BCUT2D eigenvalue weighted by molar-refractivity contribution is 5.94. The molecule has 0 fully saturated rings. The van der Waals surface area contributed by atoms with Gasteiger partial charge in [0.15, 0.2) is 0 Å². The summed E-state index contributed by atoms with van der Waals surface area (Å²) >= 11 is 0. The van der Waals surface area contributed by atoms with Crippen LogP contribution in [0.5, 0.6) is 0 Å². The molecular formula is C14H15N3O6. The number of benzene rings is 1. The van der Waals surface area contributed by atoms with Crippen molar-refractivity contribution in [2.45, 2.75) is 19.1 Å². The number of amides is 1. The van der Waals surface area contributed by atoms with Crippen LogP contribution in [0.4, 0.5) is 11.4 Å². The molecule has 122 valence electrons. The minimum Gasteiger partial charge on any atom is -0.467 e. The van der Waals surface area contributed by atoms with Crippen LogP contribution in [0.15, 0.2) is 30.4 Å². The first kappa shape index (κ1) is 16.4. The molecule has 2 rings (SSSR count). The summed E-state index contributed by atoms with van der Waals surface area (Å²) in [6.07, 6.45) is 2.17. The van der Waals surface area contributed by atoms with E-state index in [1.54, 1.807) is 13.0 Å². The van der Waals surface area contributed by atoms with Crippen LogP contribution >= 0.6 is 0 Å². The Hall–Kier alpha value is -2.94. The highest BCUT2D eigenvalue weighted by Gasteiger charge is 2.32. The van der Waals surface area contributed by atoms with Gasteiger partial charge in [0.1, 0.15) is 5.69 Å². The third-order valence-electron chi connectivity index (χ3n) is 3.29. The highest BCUT2D eigenvalue weighted by atomic mass is 16.7. The molecule has 1 aliphatic rings. The Balaban J connectivity index is 2.44. The molecule has 9 heteroatoms. The minimum absolute atomic E-state index is 0.00479. The van der Waals surface area contributed by atoms with Crippen LogP contribution < -0.4 is 10.8 Å². The zero-order valence-corrected chi connectivity index (χ0v) is 12.5. The van der Waals surface area contributed by atoms with Gasteiger partial charge in [-0.3, -0.25) is 19.7 Å². The molecule has 1 aromatic rings. The first-order chi connectivity index (χ1) is 10.8. The molecule has 0 saturated heterocycles. The van der Waals surface area contributed by atoms with Crippen molar-refractivity contribution in [3.05, 3.63) is 46.0 Å². The summed E-state index contributed by atoms with van der Waals surface area (Å²) in [5.74, 6) is -1.41. The number of carbonyl (C=O) groups excluding carboxylic acids is 2. The van der Waals surface area contributed by atoms with Gasteiger partial charge < -0.3 is 10.5 Å². The third kappa shape index (κ3) is 3.29. The predicted molar refractivity (Wildman–Crippen MR) is 79.6 cm³/mol. The lowest BCUT2D eigenvalue weighted by Gasteiger charge is -2.33. The van der Waals surface area contributed by atoms with Gasteiger partial charge in [-0.15, -0.1) is 0 Å². The monoisotopic (exact) mass is 321 g/mol. The van der Waals surface area contributed by atoms with E-state index >= 15 is 0 Å². The SMILES string of the molecule is COC(=O)C1C=CC(C)N(c2ccc(C(N)=O)cc2[N+](=O)[O-])O1. The summed E-state index contributed by atoms with van der Waals surface area (Å²) < 4.78 is 4.60. The van der Waals surface area contributed by atoms with Crippen LogP contribution in [0, 0.1) is 10.1 Å². The molecule has 0 radical (unpaired) electrons. The van der Waals surface area contributed by atoms with E-state index in [0.29, 0.717) is 0 Å². The second-order valence-electron chi connectivity index (χ2n) is 4.83. The second kappa shape index (κ2) is 6.44. The lowest BCUT2D eigenvalue weighted by molar-refractivity contribution is -0.384. The van der Waals surface area contributed by atoms with E-state index in [1.165, 1.54) is 30.4 Å². The van der Waals surface area contributed by atoms with Crippen molar-refractivity contribution in [2.75, 3.05) is 12.2 Å². The third-order valence-corrected chi connectivity index (χ3v) is 3.29. The average Bonchev–Trinajstić information content (AvgIpc) is 2.53. The Bertz CT molecular complexity index is 687. The van der Waals surface area contributed by atoms with E-state index < -0.39 is 22.9 Å². The molecule has 0 aliphatic carbocycles. The van der Waals surface area contributed by atoms with Gasteiger partial charge in [-0.25, -0.2) is 9.86 Å². The first-order valence-corrected chi connectivity index (χ1v) is 6.65. The zero-order chi connectivity index (χ0) is 17.1. The van der Waals surface area contributed by atoms with Gasteiger partial charge in [0.2, 0.25) is 12.0 Å². The van der Waals surface area contributed by atoms with Crippen molar-refractivity contribution in [3.63, 3.8) is 0 Å². The fraction of sp³-hybridized carbons (Fsp3) is 0.286. The number of esters is 1. The summed E-state index contributed by atoms with van der Waals surface area (Å²) in [7, 11) is 1.21. The van der Waals surface area contributed by atoms with E-state index in [9.17, 15) is 19.7 Å². The number of anilines is 1. The molecule has 1 aromatic carbocycles. The number of hydrogen-bond donors (Lipinski definition) is 1. The molecule has 0 aromatic heterocycles. The number of nitro groups is 1. The Morgan fingerprint density at radius 1 is 1.39 bits per heavy atom. The van der Waals surface area contributed by atoms with Gasteiger partial charge in [0.25, 0.3) is 5.69 Å². The maximum absolute atomic E-state index is 11.6. The largest absolute Gasteiger partial charge is 0.467 e. The molecule has 1 aliphatic heterocycles. The van der Waals surface area contributed by atoms with Crippen LogP contribution in [0.1, 0.15) is 17.3 Å². The minimum atomic E-state index is -1.01. The highest BCUT2D eigenvalue weighted by Crippen LogP contribution is 2.33. The normalized spacial score (nSPS) is 20.2. The molecule has 2 unspecified atom stereocenters. The summed E-state index contributed by atoms with van der Waals surface area (Å²) in [6, 6.07) is 3.40. The fourth-order valence-corrected chi connectivity index (χ4v) is 2.12. The van der Waals surface area contributed by atoms with Crippen LogP contribution in [0.2, 0.25) is 0 Å². The van der Waals surface area contributed by atoms with Gasteiger partial charge in [-0.2, -0.15) is 0 Å². The van der Waals surface area contributed by atoms with Crippen molar-refractivity contribution >= 4 is 23.3 Å². The van der Waals surface area contributed by atoms with Gasteiger partial charge >= 0.3 is 5.97 Å². The lowest BCUT2D eigenvalue weighted by Crippen LogP contribution is -2.42. The van der Waals surface area contributed by atoms with Gasteiger partial charge in [0.05, 0.1) is 18.1 Å². The number of nitrogens with zero attached hydrogens (tertiary/aromatic N) is 2. The van der Waals surface area contributed by atoms with Gasteiger partial charge in [-0.05, 0) is 25.1 Å². The molecule has 0 bridgehead atoms. The molecule has 1 amide bonds. The second-order valence-corrected chi connectivity index (χ2v) is 4.83. The summed E-state index contributed by atoms with van der Waals surface area (Å²) in [5, 5.41) is 12.5. The van der Waals surface area contributed by atoms with Crippen molar-refractivity contribution < 1.29 is 24.1 Å². The average molecular weight is 321 g/mol. The van der Waals surface area contributed by atoms with E-state index in [0.717, 1.165) is 6.07 Å². The number of hydroxylamine groups is 1. The molecule has 23 heavy (non-hydrogen) atoms. The van der Waals surface area contributed by atoms with E-state index in [4.69, 9.17) is 10.6 Å². The molecule has 9 nitrogen and oxygen atoms in total. The number of nitro benzene ring substituents is 1. The number of primary amides is 1. The van der Waals surface area contributed by atoms with Crippen LogP contribution in [0.3, 0.4) is 0 Å². The van der Waals surface area contributed by atoms with E-state index in [-0.39, 0.29) is 23.0 Å². The quantitative estimate of drug-likeness (QED) is 0.378. The van der Waals surface area contributed by atoms with Crippen molar-refractivity contribution in [2.24, 2.45) is 5.73 Å². The number of carbonyl (C=O) groups is 2. The number of methoxy groups -OCH3 is 1. The van der Waals surface area contributed by atoms with Crippen molar-refractivity contribution in [1.82, 2.24) is 0 Å². The Kier molecular flexibility index (Phi) is 4.60. The summed E-state index contributed by atoms with van der Waals surface area (Å²) in [6.45, 7) is 1.73. The topological polar surface area (TPSA) is 125 Å². The van der Waals surface area contributed by atoms with Gasteiger partial charge in [-0.1, -0.05) is 6.08 Å². The predicted octanol–water partition coefficient (Wildman–Crippen LogP) is 0.932. The number of nitrogens with two attached hydrogens (primary N) is 1. The van der Waals surface area contributed by atoms with E-state index in [1.807, 2.05) is 0 Å². The summed E-state index contributed by atoms with van der Waals surface area (Å²) in [4.78, 5) is 38.9. The molecule has 0 saturated carbocycles. The number of ether oxygens (including phenoxy) is 1. The Morgan fingerprint density at radius 3 is 2.65 bits per heavy atom. The Labute approximate surface area is 131 Å². The van der Waals surface area contributed by atoms with Crippen molar-refractivity contribution in [3.8, 4) is 0 Å². The van der Waals surface area contributed by atoms with Crippen LogP contribution in [-0.4, -0.2) is 36.1 Å². The summed E-state index contributed by atoms with van der Waals surface area (Å²) in [5.41, 5.74) is 4.89. The lowest BCUT2D eigenvalue weighted by atomic mass is 10.1. The van der Waals surface area contributed by atoms with Gasteiger partial charge in [0, 0.05) is 11.6 Å². The fourth-order valence-electron chi connectivity index (χ4n) is 2.12. The van der Waals surface area contributed by atoms with E-state index in [2.05, 4.69) is 4.74 Å². The molecular weight excluding hydrogens is 306 g/mol. The maximum Gasteiger partial charge on any atom is 0.341 e. The molecule has 2 N–H and O–H groups in total. The smallest absolute Gasteiger partial charge is 0.341 e. The van der Waals surface area contributed by atoms with Crippen molar-refractivity contribution in [1.29, 1.82) is 0 Å². The van der Waals surface area contributed by atoms with Crippen LogP contribution in [-0.2, 0) is 14.4 Å². The molecule has 0 spiro atoms.